The molecule has 1 N–H and O–H groups in total. The van der Waals surface area contributed by atoms with Crippen LogP contribution in [-0.2, 0) is 21.3 Å². The Balaban J connectivity index is 1.32. The quantitative estimate of drug-likeness (QED) is 0.656. The zero-order valence-corrected chi connectivity index (χ0v) is 19.7. The number of aromatic nitrogens is 1. The second-order valence-electron chi connectivity index (χ2n) is 9.36. The molecule has 1 aliphatic heterocycles. The molecule has 6 nitrogen and oxygen atoms in total. The summed E-state index contributed by atoms with van der Waals surface area (Å²) in [5, 5.41) is 0. The van der Waals surface area contributed by atoms with Crippen LogP contribution in [-0.4, -0.2) is 56.4 Å². The molecule has 1 saturated heterocycles. The van der Waals surface area contributed by atoms with Gasteiger partial charge in [-0.05, 0) is 55.2 Å². The number of rotatable bonds is 8. The molecule has 0 radical (unpaired) electrons. The molecule has 1 aromatic heterocycles. The molecule has 1 saturated carbocycles. The van der Waals surface area contributed by atoms with Gasteiger partial charge in [-0.3, -0.25) is 9.88 Å². The van der Waals surface area contributed by atoms with Crippen LogP contribution >= 0.6 is 0 Å². The largest absolute Gasteiger partial charge is 0.378 e. The Bertz CT molecular complexity index is 931. The third-order valence-corrected chi connectivity index (χ3v) is 7.53. The molecule has 0 bridgehead atoms. The molecule has 1 aromatic carbocycles. The van der Waals surface area contributed by atoms with Crippen molar-refractivity contribution in [2.75, 3.05) is 26.0 Å². The van der Waals surface area contributed by atoms with Gasteiger partial charge in [-0.15, -0.1) is 0 Å². The fraction of sp³-hybridized carbons (Fsp3) is 0.560. The van der Waals surface area contributed by atoms with Crippen LogP contribution in [0.5, 0.6) is 0 Å². The lowest BCUT2D eigenvalue weighted by Crippen LogP contribution is -2.52. The topological polar surface area (TPSA) is 71.5 Å². The minimum Gasteiger partial charge on any atom is -0.378 e. The van der Waals surface area contributed by atoms with Crippen molar-refractivity contribution in [1.29, 1.82) is 0 Å². The Kier molecular flexibility index (Phi) is 7.94. The molecule has 174 valence electrons. The number of nitrogens with one attached hydrogen (secondary N) is 1. The summed E-state index contributed by atoms with van der Waals surface area (Å²) in [6, 6.07) is 14.7. The van der Waals surface area contributed by atoms with Gasteiger partial charge in [0.25, 0.3) is 0 Å². The van der Waals surface area contributed by atoms with Crippen molar-refractivity contribution < 1.29 is 13.2 Å². The summed E-state index contributed by atoms with van der Waals surface area (Å²) in [7, 11) is -3.25. The average Bonchev–Trinajstić information content (AvgIpc) is 2.80. The number of ether oxygens (including phenoxy) is 1. The van der Waals surface area contributed by atoms with Crippen LogP contribution in [0.15, 0.2) is 54.9 Å². The summed E-state index contributed by atoms with van der Waals surface area (Å²) in [6.45, 7) is 3.11. The van der Waals surface area contributed by atoms with Crippen LogP contribution in [0, 0.1) is 5.92 Å². The standard InChI is InChI=1S/C25H35N3O3S/c1-32(29,30)27-25-13-15-28(17-20-6-5-14-26-16-20)18-23(25)19-31-24-11-9-22(10-12-24)21-7-3-2-4-8-21/h2-8,14,16,22-25,27H,9-13,15,17-19H2,1H3/t22?,23-,24?,25?/m0/s1. The molecule has 32 heavy (non-hydrogen) atoms. The molecule has 7 heteroatoms. The first-order valence-corrected chi connectivity index (χ1v) is 13.6. The lowest BCUT2D eigenvalue weighted by molar-refractivity contribution is -0.0179. The van der Waals surface area contributed by atoms with Crippen LogP contribution in [0.25, 0.3) is 0 Å². The first kappa shape index (κ1) is 23.4. The summed E-state index contributed by atoms with van der Waals surface area (Å²) >= 11 is 0. The Morgan fingerprint density at radius 1 is 1.06 bits per heavy atom. The summed E-state index contributed by atoms with van der Waals surface area (Å²) in [5.74, 6) is 0.766. The zero-order chi connectivity index (χ0) is 22.4. The summed E-state index contributed by atoms with van der Waals surface area (Å²) in [5.41, 5.74) is 2.61. The van der Waals surface area contributed by atoms with Crippen LogP contribution < -0.4 is 4.72 Å². The van der Waals surface area contributed by atoms with E-state index in [0.717, 1.165) is 51.7 Å². The maximum atomic E-state index is 11.9. The van der Waals surface area contributed by atoms with E-state index < -0.39 is 10.0 Å². The van der Waals surface area contributed by atoms with Gasteiger partial charge in [-0.25, -0.2) is 13.1 Å². The lowest BCUT2D eigenvalue weighted by atomic mass is 9.82. The molecule has 2 aliphatic rings. The zero-order valence-electron chi connectivity index (χ0n) is 18.9. The molecule has 2 fully saturated rings. The number of piperidine rings is 1. The predicted molar refractivity (Wildman–Crippen MR) is 127 cm³/mol. The van der Waals surface area contributed by atoms with Crippen LogP contribution in [0.1, 0.15) is 49.1 Å². The van der Waals surface area contributed by atoms with Gasteiger partial charge in [0.15, 0.2) is 0 Å². The minimum absolute atomic E-state index is 0.0733. The molecule has 0 spiro atoms. The molecule has 1 aliphatic carbocycles. The van der Waals surface area contributed by atoms with Crippen molar-refractivity contribution >= 4 is 10.0 Å². The maximum Gasteiger partial charge on any atom is 0.208 e. The Morgan fingerprint density at radius 2 is 1.84 bits per heavy atom. The number of nitrogens with zero attached hydrogens (tertiary/aromatic N) is 2. The van der Waals surface area contributed by atoms with E-state index in [2.05, 4.69) is 51.0 Å². The number of benzene rings is 1. The Labute approximate surface area is 192 Å². The minimum atomic E-state index is -3.25. The molecular formula is C25H35N3O3S. The van der Waals surface area contributed by atoms with Gasteiger partial charge in [-0.1, -0.05) is 36.4 Å². The van der Waals surface area contributed by atoms with Crippen molar-refractivity contribution in [3.8, 4) is 0 Å². The highest BCUT2D eigenvalue weighted by Crippen LogP contribution is 2.34. The van der Waals surface area contributed by atoms with E-state index in [9.17, 15) is 8.42 Å². The molecule has 0 amide bonds. The second kappa shape index (κ2) is 10.9. The highest BCUT2D eigenvalue weighted by Gasteiger charge is 2.32. The Morgan fingerprint density at radius 3 is 2.53 bits per heavy atom. The fourth-order valence-corrected chi connectivity index (χ4v) is 6.01. The Hall–Kier alpha value is -1.80. The third-order valence-electron chi connectivity index (χ3n) is 6.80. The van der Waals surface area contributed by atoms with E-state index in [0.29, 0.717) is 12.5 Å². The van der Waals surface area contributed by atoms with E-state index in [1.807, 2.05) is 12.3 Å². The number of hydrogen-bond acceptors (Lipinski definition) is 5. The maximum absolute atomic E-state index is 11.9. The van der Waals surface area contributed by atoms with Gasteiger partial charge in [-0.2, -0.15) is 0 Å². The van der Waals surface area contributed by atoms with Gasteiger partial charge in [0.05, 0.1) is 19.0 Å². The normalized spacial score (nSPS) is 27.3. The monoisotopic (exact) mass is 457 g/mol. The first-order valence-electron chi connectivity index (χ1n) is 11.7. The highest BCUT2D eigenvalue weighted by molar-refractivity contribution is 7.88. The van der Waals surface area contributed by atoms with Crippen molar-refractivity contribution in [2.24, 2.45) is 5.92 Å². The van der Waals surface area contributed by atoms with Crippen molar-refractivity contribution in [3.63, 3.8) is 0 Å². The van der Waals surface area contributed by atoms with Gasteiger partial charge in [0.1, 0.15) is 0 Å². The van der Waals surface area contributed by atoms with E-state index >= 15 is 0 Å². The number of hydrogen-bond donors (Lipinski definition) is 1. The molecule has 2 heterocycles. The summed E-state index contributed by atoms with van der Waals surface area (Å²) in [6.07, 6.45) is 10.4. The SMILES string of the molecule is CS(=O)(=O)NC1CCN(Cc2cccnc2)C[C@H]1COC1CCC(c2ccccc2)CC1. The fourth-order valence-electron chi connectivity index (χ4n) is 5.15. The van der Waals surface area contributed by atoms with Crippen LogP contribution in [0.2, 0.25) is 0 Å². The predicted octanol–water partition coefficient (Wildman–Crippen LogP) is 3.56. The third kappa shape index (κ3) is 6.85. The molecule has 4 rings (SSSR count). The van der Waals surface area contributed by atoms with Gasteiger partial charge in [0, 0.05) is 44.0 Å². The summed E-state index contributed by atoms with van der Waals surface area (Å²) in [4.78, 5) is 6.60. The van der Waals surface area contributed by atoms with E-state index in [1.165, 1.54) is 17.4 Å². The molecule has 2 aromatic rings. The van der Waals surface area contributed by atoms with Crippen molar-refractivity contribution in [2.45, 2.75) is 56.7 Å². The highest BCUT2D eigenvalue weighted by atomic mass is 32.2. The van der Waals surface area contributed by atoms with Gasteiger partial charge in [0.2, 0.25) is 10.0 Å². The number of pyridine rings is 1. The van der Waals surface area contributed by atoms with Gasteiger partial charge >= 0.3 is 0 Å². The second-order valence-corrected chi connectivity index (χ2v) is 11.1. The lowest BCUT2D eigenvalue weighted by Gasteiger charge is -2.39. The molecule has 1 unspecified atom stereocenters. The number of likely N-dealkylation sites (tertiary alicyclic amines) is 1. The van der Waals surface area contributed by atoms with Gasteiger partial charge < -0.3 is 4.74 Å². The first-order chi connectivity index (χ1) is 15.5. The smallest absolute Gasteiger partial charge is 0.208 e. The summed E-state index contributed by atoms with van der Waals surface area (Å²) < 4.78 is 33.1. The van der Waals surface area contributed by atoms with E-state index in [4.69, 9.17) is 4.74 Å². The van der Waals surface area contributed by atoms with Crippen LogP contribution in [0.3, 0.4) is 0 Å². The van der Waals surface area contributed by atoms with Crippen molar-refractivity contribution in [3.05, 3.63) is 66.0 Å². The van der Waals surface area contributed by atoms with E-state index in [1.54, 1.807) is 6.20 Å². The van der Waals surface area contributed by atoms with E-state index in [-0.39, 0.29) is 18.1 Å². The molecular weight excluding hydrogens is 422 g/mol. The van der Waals surface area contributed by atoms with Crippen molar-refractivity contribution in [1.82, 2.24) is 14.6 Å². The van der Waals surface area contributed by atoms with Crippen LogP contribution in [0.4, 0.5) is 0 Å². The number of sulfonamides is 1. The average molecular weight is 458 g/mol. The molecule has 2 atom stereocenters.